The fourth-order valence-corrected chi connectivity index (χ4v) is 1.89. The molecule has 0 heterocycles. The third kappa shape index (κ3) is 1.03. The van der Waals surface area contributed by atoms with Gasteiger partial charge in [-0.15, -0.1) is 0 Å². The van der Waals surface area contributed by atoms with E-state index in [1.165, 1.54) is 24.0 Å². The van der Waals surface area contributed by atoms with Gasteiger partial charge < -0.3 is 0 Å². The van der Waals surface area contributed by atoms with E-state index in [1.807, 2.05) is 0 Å². The molecule has 10 heavy (non-hydrogen) atoms. The predicted molar refractivity (Wildman–Crippen MR) is 45.8 cm³/mol. The molecule has 0 heteroatoms. The maximum Gasteiger partial charge on any atom is 0.00301 e. The van der Waals surface area contributed by atoms with Gasteiger partial charge in [0, 0.05) is 5.92 Å². The Kier molecular flexibility index (Phi) is 1.98. The van der Waals surface area contributed by atoms with Gasteiger partial charge in [0.2, 0.25) is 0 Å². The molecule has 1 saturated carbocycles. The van der Waals surface area contributed by atoms with Crippen LogP contribution in [0.3, 0.4) is 0 Å². The lowest BCUT2D eigenvalue weighted by molar-refractivity contribution is 0.307. The van der Waals surface area contributed by atoms with Crippen molar-refractivity contribution in [1.29, 1.82) is 0 Å². The third-order valence-electron chi connectivity index (χ3n) is 2.49. The number of rotatable bonds is 2. The number of hydrogen-bond donors (Lipinski definition) is 0. The smallest absolute Gasteiger partial charge is 0.00301 e. The highest BCUT2D eigenvalue weighted by molar-refractivity contribution is 5.25. The minimum atomic E-state index is 0.644. The largest absolute Gasteiger partial charge is 0.0995 e. The normalized spacial score (nSPS) is 31.6. The molecule has 1 aliphatic rings. The molecule has 0 amide bonds. The quantitative estimate of drug-likeness (QED) is 0.511. The molecular weight excluding hydrogens is 120 g/mol. The van der Waals surface area contributed by atoms with Crippen molar-refractivity contribution >= 4 is 0 Å². The van der Waals surface area contributed by atoms with Crippen LogP contribution in [0.4, 0.5) is 0 Å². The second kappa shape index (κ2) is 2.61. The van der Waals surface area contributed by atoms with Gasteiger partial charge in [0.1, 0.15) is 0 Å². The highest BCUT2D eigenvalue weighted by atomic mass is 14.4. The van der Waals surface area contributed by atoms with Gasteiger partial charge in [0.15, 0.2) is 0 Å². The SMILES string of the molecule is C=C(C)[C@H]1C(=C)C[C@H]1CC. The van der Waals surface area contributed by atoms with Gasteiger partial charge in [-0.3, -0.25) is 0 Å². The monoisotopic (exact) mass is 136 g/mol. The van der Waals surface area contributed by atoms with E-state index in [2.05, 4.69) is 27.0 Å². The van der Waals surface area contributed by atoms with Crippen LogP contribution >= 0.6 is 0 Å². The van der Waals surface area contributed by atoms with Gasteiger partial charge in [-0.25, -0.2) is 0 Å². The third-order valence-corrected chi connectivity index (χ3v) is 2.49. The van der Waals surface area contributed by atoms with Crippen molar-refractivity contribution in [3.63, 3.8) is 0 Å². The Morgan fingerprint density at radius 3 is 2.50 bits per heavy atom. The summed E-state index contributed by atoms with van der Waals surface area (Å²) < 4.78 is 0. The zero-order chi connectivity index (χ0) is 7.72. The highest BCUT2D eigenvalue weighted by Gasteiger charge is 2.32. The Morgan fingerprint density at radius 2 is 2.30 bits per heavy atom. The lowest BCUT2D eigenvalue weighted by Crippen LogP contribution is -2.28. The van der Waals surface area contributed by atoms with Crippen LogP contribution in [-0.2, 0) is 0 Å². The Hall–Kier alpha value is -0.520. The first-order valence-corrected chi connectivity index (χ1v) is 3.99. The number of hydrogen-bond acceptors (Lipinski definition) is 0. The summed E-state index contributed by atoms with van der Waals surface area (Å²) in [6.07, 6.45) is 2.50. The molecule has 0 aliphatic heterocycles. The maximum atomic E-state index is 4.00. The first-order valence-electron chi connectivity index (χ1n) is 3.99. The van der Waals surface area contributed by atoms with Crippen molar-refractivity contribution in [2.24, 2.45) is 11.8 Å². The molecule has 0 aromatic heterocycles. The summed E-state index contributed by atoms with van der Waals surface area (Å²) >= 11 is 0. The van der Waals surface area contributed by atoms with E-state index in [4.69, 9.17) is 0 Å². The van der Waals surface area contributed by atoms with Crippen LogP contribution in [0.5, 0.6) is 0 Å². The van der Waals surface area contributed by atoms with Crippen LogP contribution in [0.1, 0.15) is 26.7 Å². The second-order valence-electron chi connectivity index (χ2n) is 3.35. The van der Waals surface area contributed by atoms with E-state index in [-0.39, 0.29) is 0 Å². The first-order chi connectivity index (χ1) is 4.66. The summed E-state index contributed by atoms with van der Waals surface area (Å²) in [5, 5.41) is 0. The second-order valence-corrected chi connectivity index (χ2v) is 3.35. The maximum absolute atomic E-state index is 4.00. The molecule has 0 aromatic carbocycles. The Bertz CT molecular complexity index is 157. The summed E-state index contributed by atoms with van der Waals surface area (Å²) in [6.45, 7) is 12.3. The van der Waals surface area contributed by atoms with Crippen molar-refractivity contribution in [3.8, 4) is 0 Å². The van der Waals surface area contributed by atoms with E-state index in [0.29, 0.717) is 5.92 Å². The minimum absolute atomic E-state index is 0.644. The van der Waals surface area contributed by atoms with Crippen LogP contribution in [0.2, 0.25) is 0 Å². The predicted octanol–water partition coefficient (Wildman–Crippen LogP) is 3.16. The van der Waals surface area contributed by atoms with Crippen molar-refractivity contribution in [2.45, 2.75) is 26.7 Å². The molecule has 56 valence electrons. The summed E-state index contributed by atoms with van der Waals surface area (Å²) in [6, 6.07) is 0. The zero-order valence-electron chi connectivity index (χ0n) is 6.98. The molecule has 0 nitrogen and oxygen atoms in total. The van der Waals surface area contributed by atoms with Crippen molar-refractivity contribution < 1.29 is 0 Å². The van der Waals surface area contributed by atoms with E-state index >= 15 is 0 Å². The lowest BCUT2D eigenvalue weighted by Gasteiger charge is -2.39. The van der Waals surface area contributed by atoms with Crippen LogP contribution in [0, 0.1) is 11.8 Å². The fraction of sp³-hybridized carbons (Fsp3) is 0.600. The average molecular weight is 136 g/mol. The van der Waals surface area contributed by atoms with E-state index in [0.717, 1.165) is 5.92 Å². The standard InChI is InChI=1S/C10H16/c1-5-9-6-8(4)10(9)7(2)3/h9-10H,2,4-6H2,1,3H3/t9-,10+/m1/s1. The molecule has 0 N–H and O–H groups in total. The van der Waals surface area contributed by atoms with E-state index < -0.39 is 0 Å². The van der Waals surface area contributed by atoms with Crippen LogP contribution in [-0.4, -0.2) is 0 Å². The Balaban J connectivity index is 2.56. The summed E-state index contributed by atoms with van der Waals surface area (Å²) in [7, 11) is 0. The zero-order valence-corrected chi connectivity index (χ0v) is 6.98. The molecule has 0 spiro atoms. The molecular formula is C10H16. The van der Waals surface area contributed by atoms with Crippen molar-refractivity contribution in [2.75, 3.05) is 0 Å². The molecule has 1 rings (SSSR count). The van der Waals surface area contributed by atoms with E-state index in [9.17, 15) is 0 Å². The topological polar surface area (TPSA) is 0 Å². The van der Waals surface area contributed by atoms with Crippen LogP contribution in [0.25, 0.3) is 0 Å². The summed E-state index contributed by atoms with van der Waals surface area (Å²) in [5.74, 6) is 1.50. The van der Waals surface area contributed by atoms with Gasteiger partial charge in [-0.05, 0) is 19.3 Å². The summed E-state index contributed by atoms with van der Waals surface area (Å²) in [5.41, 5.74) is 2.68. The molecule has 1 fully saturated rings. The first kappa shape index (κ1) is 7.59. The molecule has 2 atom stereocenters. The highest BCUT2D eigenvalue weighted by Crippen LogP contribution is 2.44. The lowest BCUT2D eigenvalue weighted by atomic mass is 9.66. The van der Waals surface area contributed by atoms with Gasteiger partial charge in [0.25, 0.3) is 0 Å². The Morgan fingerprint density at radius 1 is 1.70 bits per heavy atom. The van der Waals surface area contributed by atoms with Gasteiger partial charge in [-0.1, -0.05) is 37.6 Å². The van der Waals surface area contributed by atoms with Crippen LogP contribution < -0.4 is 0 Å². The van der Waals surface area contributed by atoms with Gasteiger partial charge in [0.05, 0.1) is 0 Å². The van der Waals surface area contributed by atoms with Crippen LogP contribution in [0.15, 0.2) is 24.3 Å². The number of allylic oxidation sites excluding steroid dienone is 2. The minimum Gasteiger partial charge on any atom is -0.0995 e. The van der Waals surface area contributed by atoms with Gasteiger partial charge in [-0.2, -0.15) is 0 Å². The fourth-order valence-electron chi connectivity index (χ4n) is 1.89. The van der Waals surface area contributed by atoms with E-state index in [1.54, 1.807) is 0 Å². The average Bonchev–Trinajstić information content (AvgIpc) is 1.80. The molecule has 1 aliphatic carbocycles. The molecule has 0 radical (unpaired) electrons. The molecule has 0 saturated heterocycles. The van der Waals surface area contributed by atoms with Gasteiger partial charge >= 0.3 is 0 Å². The Labute approximate surface area is 63.6 Å². The van der Waals surface area contributed by atoms with Crippen molar-refractivity contribution in [3.05, 3.63) is 24.3 Å². The molecule has 0 bridgehead atoms. The molecule has 0 aromatic rings. The summed E-state index contributed by atoms with van der Waals surface area (Å²) in [4.78, 5) is 0. The molecule has 0 unspecified atom stereocenters. The van der Waals surface area contributed by atoms with Crippen molar-refractivity contribution in [1.82, 2.24) is 0 Å².